The lowest BCUT2D eigenvalue weighted by atomic mass is 10.1. The summed E-state index contributed by atoms with van der Waals surface area (Å²) in [5.41, 5.74) is 3.20. The van der Waals surface area contributed by atoms with Crippen LogP contribution in [-0.4, -0.2) is 53.3 Å². The number of nitrogens with zero attached hydrogens (tertiary/aromatic N) is 4. The number of rotatable bonds is 5. The highest BCUT2D eigenvalue weighted by molar-refractivity contribution is 7.99. The monoisotopic (exact) mass is 500 g/mol. The summed E-state index contributed by atoms with van der Waals surface area (Å²) >= 11 is 1.73. The molecule has 0 saturated heterocycles. The van der Waals surface area contributed by atoms with E-state index in [9.17, 15) is 4.79 Å². The van der Waals surface area contributed by atoms with Gasteiger partial charge in [-0.1, -0.05) is 36.0 Å². The van der Waals surface area contributed by atoms with E-state index < -0.39 is 5.60 Å². The van der Waals surface area contributed by atoms with Crippen LogP contribution in [0.15, 0.2) is 76.7 Å². The number of hydrogen-bond donors (Lipinski definition) is 0. The zero-order valence-electron chi connectivity index (χ0n) is 21.5. The third kappa shape index (κ3) is 4.86. The Morgan fingerprint density at radius 1 is 1.03 bits per heavy atom. The van der Waals surface area contributed by atoms with Crippen molar-refractivity contribution in [1.29, 1.82) is 0 Å². The molecule has 0 atom stereocenters. The largest absolute Gasteiger partial charge is 0.443 e. The van der Waals surface area contributed by atoms with Gasteiger partial charge in [0.2, 0.25) is 0 Å². The molecule has 4 aromatic rings. The summed E-state index contributed by atoms with van der Waals surface area (Å²) in [6, 6.07) is 20.5. The van der Waals surface area contributed by atoms with Gasteiger partial charge in [-0.05, 0) is 84.2 Å². The maximum Gasteiger partial charge on any atom is 0.419 e. The van der Waals surface area contributed by atoms with Gasteiger partial charge in [-0.2, -0.15) is 0 Å². The van der Waals surface area contributed by atoms with Crippen LogP contribution in [0.1, 0.15) is 27.2 Å². The minimum Gasteiger partial charge on any atom is -0.443 e. The van der Waals surface area contributed by atoms with Crippen molar-refractivity contribution >= 4 is 40.3 Å². The van der Waals surface area contributed by atoms with Crippen LogP contribution in [-0.2, 0) is 4.74 Å². The number of aromatic nitrogens is 2. The van der Waals surface area contributed by atoms with Crippen molar-refractivity contribution in [3.05, 3.63) is 66.9 Å². The molecule has 0 radical (unpaired) electrons. The summed E-state index contributed by atoms with van der Waals surface area (Å²) in [7, 11) is 4.20. The summed E-state index contributed by atoms with van der Waals surface area (Å²) in [4.78, 5) is 24.8. The van der Waals surface area contributed by atoms with Gasteiger partial charge in [0.25, 0.3) is 0 Å². The first-order valence-corrected chi connectivity index (χ1v) is 13.1. The predicted octanol–water partition coefficient (Wildman–Crippen LogP) is 7.04. The fourth-order valence-electron chi connectivity index (χ4n) is 4.52. The van der Waals surface area contributed by atoms with Gasteiger partial charge in [0.1, 0.15) is 11.4 Å². The van der Waals surface area contributed by atoms with Crippen LogP contribution in [0.2, 0.25) is 0 Å². The normalized spacial score (nSPS) is 13.1. The van der Waals surface area contributed by atoms with Gasteiger partial charge in [0, 0.05) is 28.6 Å². The molecule has 186 valence electrons. The number of carbonyl (C=O) groups is 1. The van der Waals surface area contributed by atoms with Crippen LogP contribution in [0.25, 0.3) is 22.2 Å². The van der Waals surface area contributed by atoms with E-state index in [1.807, 2.05) is 57.3 Å². The van der Waals surface area contributed by atoms with Crippen LogP contribution in [0.5, 0.6) is 0 Å². The fourth-order valence-corrected chi connectivity index (χ4v) is 5.62. The Kier molecular flexibility index (Phi) is 6.53. The first-order chi connectivity index (χ1) is 17.2. The Morgan fingerprint density at radius 2 is 1.83 bits per heavy atom. The molecule has 0 unspecified atom stereocenters. The standard InChI is InChI=1S/C29H32N4O2S/c1-29(2,3)35-28(34)33-22-11-7-6-10-20(22)18-24(33)21-13-14-23-26(19-21)36-25-12-8-15-30-27(25)32(23)17-9-16-31(4)5/h6-8,10-15,18-19H,9,16-17H2,1-5H3. The van der Waals surface area contributed by atoms with Crippen molar-refractivity contribution in [2.24, 2.45) is 0 Å². The van der Waals surface area contributed by atoms with Crippen LogP contribution in [0, 0.1) is 0 Å². The average Bonchev–Trinajstić information content (AvgIpc) is 3.22. The van der Waals surface area contributed by atoms with E-state index in [1.54, 1.807) is 16.3 Å². The quantitative estimate of drug-likeness (QED) is 0.293. The van der Waals surface area contributed by atoms with E-state index in [0.717, 1.165) is 63.0 Å². The second-order valence-electron chi connectivity index (χ2n) is 10.3. The second kappa shape index (κ2) is 9.64. The minimum absolute atomic E-state index is 0.371. The van der Waals surface area contributed by atoms with Gasteiger partial charge < -0.3 is 14.5 Å². The number of ether oxygens (including phenoxy) is 1. The number of anilines is 2. The van der Waals surface area contributed by atoms with Gasteiger partial charge in [-0.25, -0.2) is 14.3 Å². The van der Waals surface area contributed by atoms with Gasteiger partial charge >= 0.3 is 6.09 Å². The van der Waals surface area contributed by atoms with Crippen molar-refractivity contribution in [3.63, 3.8) is 0 Å². The molecular weight excluding hydrogens is 468 g/mol. The summed E-state index contributed by atoms with van der Waals surface area (Å²) in [6.07, 6.45) is 2.52. The molecule has 0 bridgehead atoms. The summed E-state index contributed by atoms with van der Waals surface area (Å²) in [6.45, 7) is 7.56. The maximum absolute atomic E-state index is 13.3. The van der Waals surface area contributed by atoms with Crippen molar-refractivity contribution in [2.75, 3.05) is 32.1 Å². The molecule has 5 rings (SSSR count). The highest BCUT2D eigenvalue weighted by Gasteiger charge is 2.27. The van der Waals surface area contributed by atoms with Gasteiger partial charge in [0.05, 0.1) is 21.8 Å². The van der Waals surface area contributed by atoms with E-state index in [0.29, 0.717) is 0 Å². The molecule has 36 heavy (non-hydrogen) atoms. The van der Waals surface area contributed by atoms with Crippen molar-refractivity contribution in [2.45, 2.75) is 42.6 Å². The van der Waals surface area contributed by atoms with Gasteiger partial charge in [-0.3, -0.25) is 0 Å². The van der Waals surface area contributed by atoms with Gasteiger partial charge in [0.15, 0.2) is 0 Å². The Balaban J connectivity index is 1.58. The Labute approximate surface area is 216 Å². The van der Waals surface area contributed by atoms with Crippen molar-refractivity contribution in [1.82, 2.24) is 14.5 Å². The number of hydrogen-bond acceptors (Lipinski definition) is 6. The molecule has 0 spiro atoms. The topological polar surface area (TPSA) is 50.6 Å². The van der Waals surface area contributed by atoms with Crippen LogP contribution in [0.3, 0.4) is 0 Å². The summed E-state index contributed by atoms with van der Waals surface area (Å²) in [5.74, 6) is 1.00. The SMILES string of the molecule is CN(C)CCCN1c2ccc(-c3cc4ccccc4n3C(=O)OC(C)(C)C)cc2Sc2cccnc21. The van der Waals surface area contributed by atoms with Crippen LogP contribution in [0.4, 0.5) is 16.3 Å². The first kappa shape index (κ1) is 24.4. The van der Waals surface area contributed by atoms with E-state index in [1.165, 1.54) is 0 Å². The third-order valence-corrected chi connectivity index (χ3v) is 7.13. The maximum atomic E-state index is 13.3. The minimum atomic E-state index is -0.588. The first-order valence-electron chi connectivity index (χ1n) is 12.2. The van der Waals surface area contributed by atoms with Crippen molar-refractivity contribution < 1.29 is 9.53 Å². The number of para-hydroxylation sites is 1. The van der Waals surface area contributed by atoms with E-state index >= 15 is 0 Å². The average molecular weight is 501 g/mol. The molecule has 0 fully saturated rings. The lowest BCUT2D eigenvalue weighted by molar-refractivity contribution is 0.0547. The molecule has 1 aliphatic heterocycles. The molecular formula is C29H32N4O2S. The predicted molar refractivity (Wildman–Crippen MR) is 148 cm³/mol. The van der Waals surface area contributed by atoms with Crippen LogP contribution >= 0.6 is 11.8 Å². The molecule has 2 aromatic carbocycles. The zero-order chi connectivity index (χ0) is 25.4. The number of pyridine rings is 1. The lowest BCUT2D eigenvalue weighted by Crippen LogP contribution is -2.27. The Morgan fingerprint density at radius 3 is 2.61 bits per heavy atom. The Bertz CT molecular complexity index is 1420. The zero-order valence-corrected chi connectivity index (χ0v) is 22.3. The molecule has 1 aliphatic rings. The van der Waals surface area contributed by atoms with Crippen LogP contribution < -0.4 is 4.90 Å². The molecule has 7 heteroatoms. The fraction of sp³-hybridized carbons (Fsp3) is 0.310. The molecule has 0 aliphatic carbocycles. The van der Waals surface area contributed by atoms with E-state index in [-0.39, 0.29) is 6.09 Å². The van der Waals surface area contributed by atoms with E-state index in [4.69, 9.17) is 9.72 Å². The third-order valence-electron chi connectivity index (χ3n) is 6.05. The second-order valence-corrected chi connectivity index (χ2v) is 11.4. The summed E-state index contributed by atoms with van der Waals surface area (Å²) < 4.78 is 7.49. The highest BCUT2D eigenvalue weighted by atomic mass is 32.2. The van der Waals surface area contributed by atoms with Crippen molar-refractivity contribution in [3.8, 4) is 11.3 Å². The summed E-state index contributed by atoms with van der Waals surface area (Å²) in [5, 5.41) is 1.00. The molecule has 0 N–H and O–H groups in total. The van der Waals surface area contributed by atoms with E-state index in [2.05, 4.69) is 54.2 Å². The number of carbonyl (C=O) groups excluding carboxylic acids is 1. The lowest BCUT2D eigenvalue weighted by Gasteiger charge is -2.32. The molecule has 0 amide bonds. The molecule has 2 aromatic heterocycles. The smallest absolute Gasteiger partial charge is 0.419 e. The Hall–Kier alpha value is -3.29. The van der Waals surface area contributed by atoms with Gasteiger partial charge in [-0.15, -0.1) is 0 Å². The molecule has 3 heterocycles. The highest BCUT2D eigenvalue weighted by Crippen LogP contribution is 2.48. The molecule has 6 nitrogen and oxygen atoms in total. The molecule has 0 saturated carbocycles. The number of benzene rings is 2. The number of fused-ring (bicyclic) bond motifs is 3.